The second kappa shape index (κ2) is 10.5. The van der Waals surface area contributed by atoms with E-state index in [1.165, 1.54) is 0 Å². The Labute approximate surface area is 202 Å². The molecule has 2 aromatic rings. The first-order chi connectivity index (χ1) is 16.5. The van der Waals surface area contributed by atoms with Crippen LogP contribution in [0.3, 0.4) is 0 Å². The van der Waals surface area contributed by atoms with Gasteiger partial charge < -0.3 is 14.5 Å². The van der Waals surface area contributed by atoms with Gasteiger partial charge in [0.15, 0.2) is 5.65 Å². The van der Waals surface area contributed by atoms with Crippen molar-refractivity contribution in [2.45, 2.75) is 65.8 Å². The fourth-order valence-electron chi connectivity index (χ4n) is 4.97. The van der Waals surface area contributed by atoms with Crippen molar-refractivity contribution in [3.8, 4) is 0 Å². The second-order valence-electron chi connectivity index (χ2n) is 9.20. The maximum Gasteiger partial charge on any atom is 0.254 e. The maximum atomic E-state index is 13.8. The van der Waals surface area contributed by atoms with Crippen LogP contribution in [0.5, 0.6) is 0 Å². The van der Waals surface area contributed by atoms with Gasteiger partial charge in [0.1, 0.15) is 11.6 Å². The summed E-state index contributed by atoms with van der Waals surface area (Å²) in [5.74, 6) is 1.80. The molecular weight excluding hydrogens is 426 g/mol. The van der Waals surface area contributed by atoms with E-state index in [9.17, 15) is 4.79 Å². The largest absolute Gasteiger partial charge is 0.497 e. The molecule has 4 rings (SSSR count). The van der Waals surface area contributed by atoms with Crippen LogP contribution in [-0.2, 0) is 9.53 Å². The Balaban J connectivity index is 1.68. The third-order valence-electron chi connectivity index (χ3n) is 6.82. The molecule has 0 spiro atoms. The summed E-state index contributed by atoms with van der Waals surface area (Å²) in [4.78, 5) is 23.0. The highest BCUT2D eigenvalue weighted by molar-refractivity contribution is 5.98. The minimum Gasteiger partial charge on any atom is -0.497 e. The summed E-state index contributed by atoms with van der Waals surface area (Å²) in [6, 6.07) is 2.00. The number of carbonyl (C=O) groups is 1. The van der Waals surface area contributed by atoms with E-state index in [-0.39, 0.29) is 11.9 Å². The van der Waals surface area contributed by atoms with Gasteiger partial charge in [0.25, 0.3) is 5.91 Å². The number of fused-ring (bicyclic) bond motifs is 1. The molecule has 2 aromatic heterocycles. The van der Waals surface area contributed by atoms with Crippen LogP contribution in [0, 0.1) is 6.92 Å². The zero-order valence-corrected chi connectivity index (χ0v) is 21.2. The van der Waals surface area contributed by atoms with Crippen molar-refractivity contribution >= 4 is 17.4 Å². The Bertz CT molecular complexity index is 1140. The van der Waals surface area contributed by atoms with Crippen LogP contribution in [0.4, 0.5) is 5.82 Å². The van der Waals surface area contributed by atoms with Gasteiger partial charge in [-0.05, 0) is 70.6 Å². The lowest BCUT2D eigenvalue weighted by molar-refractivity contribution is -0.130. The molecule has 1 aliphatic carbocycles. The van der Waals surface area contributed by atoms with E-state index in [4.69, 9.17) is 14.8 Å². The van der Waals surface area contributed by atoms with Gasteiger partial charge >= 0.3 is 0 Å². The van der Waals surface area contributed by atoms with E-state index >= 15 is 0 Å². The molecule has 0 N–H and O–H groups in total. The number of aromatic nitrogens is 3. The highest BCUT2D eigenvalue weighted by Crippen LogP contribution is 2.34. The second-order valence-corrected chi connectivity index (χ2v) is 9.20. The van der Waals surface area contributed by atoms with Crippen molar-refractivity contribution in [1.82, 2.24) is 19.5 Å². The maximum absolute atomic E-state index is 13.8. The number of allylic oxidation sites excluding steroid dienone is 3. The lowest BCUT2D eigenvalue weighted by Crippen LogP contribution is -2.39. The first-order valence-corrected chi connectivity index (χ1v) is 12.5. The van der Waals surface area contributed by atoms with Gasteiger partial charge in [0, 0.05) is 43.0 Å². The Morgan fingerprint density at radius 3 is 2.79 bits per heavy atom. The molecule has 7 heteroatoms. The lowest BCUT2D eigenvalue weighted by Gasteiger charge is -2.35. The predicted molar refractivity (Wildman–Crippen MR) is 136 cm³/mol. The van der Waals surface area contributed by atoms with Crippen molar-refractivity contribution in [3.05, 3.63) is 58.7 Å². The quantitative estimate of drug-likeness (QED) is 0.569. The molecule has 0 aromatic carbocycles. The number of carbonyl (C=O) groups excluding carboxylic acids is 1. The summed E-state index contributed by atoms with van der Waals surface area (Å²) in [6.45, 7) is 11.1. The van der Waals surface area contributed by atoms with Gasteiger partial charge in [-0.3, -0.25) is 4.79 Å². The van der Waals surface area contributed by atoms with Gasteiger partial charge in [0.05, 0.1) is 18.8 Å². The number of piperidine rings is 1. The normalized spacial score (nSPS) is 18.8. The predicted octanol–water partition coefficient (Wildman–Crippen LogP) is 5.13. The molecule has 2 aliphatic rings. The fraction of sp³-hybridized carbons (Fsp3) is 0.519. The Morgan fingerprint density at radius 1 is 1.24 bits per heavy atom. The molecule has 1 saturated heterocycles. The molecule has 1 amide bonds. The Morgan fingerprint density at radius 2 is 2.06 bits per heavy atom. The van der Waals surface area contributed by atoms with Crippen molar-refractivity contribution in [2.75, 3.05) is 31.6 Å². The van der Waals surface area contributed by atoms with Crippen LogP contribution in [0.25, 0.3) is 5.65 Å². The van der Waals surface area contributed by atoms with Crippen LogP contribution in [0.2, 0.25) is 0 Å². The first-order valence-electron chi connectivity index (χ1n) is 12.5. The van der Waals surface area contributed by atoms with E-state index in [2.05, 4.69) is 44.0 Å². The van der Waals surface area contributed by atoms with Crippen molar-refractivity contribution in [1.29, 1.82) is 0 Å². The molecule has 182 valence electrons. The number of methoxy groups -OCH3 is 1. The summed E-state index contributed by atoms with van der Waals surface area (Å²) in [7, 11) is 1.65. The van der Waals surface area contributed by atoms with Gasteiger partial charge in [-0.1, -0.05) is 13.0 Å². The summed E-state index contributed by atoms with van der Waals surface area (Å²) < 4.78 is 7.33. The number of nitrogens with zero attached hydrogens (tertiary/aromatic N) is 5. The highest BCUT2D eigenvalue weighted by atomic mass is 16.5. The van der Waals surface area contributed by atoms with Crippen molar-refractivity contribution in [3.63, 3.8) is 0 Å². The summed E-state index contributed by atoms with van der Waals surface area (Å²) >= 11 is 0. The molecule has 7 nitrogen and oxygen atoms in total. The van der Waals surface area contributed by atoms with Crippen LogP contribution < -0.4 is 4.90 Å². The molecule has 0 bridgehead atoms. The fourth-order valence-corrected chi connectivity index (χ4v) is 4.97. The average molecular weight is 464 g/mol. The topological polar surface area (TPSA) is 63.0 Å². The van der Waals surface area contributed by atoms with Crippen molar-refractivity contribution < 1.29 is 9.53 Å². The molecule has 3 heterocycles. The number of amides is 1. The van der Waals surface area contributed by atoms with E-state index in [1.54, 1.807) is 7.11 Å². The summed E-state index contributed by atoms with van der Waals surface area (Å²) in [5, 5.41) is 4.89. The minimum absolute atomic E-state index is 0.0466. The number of rotatable bonds is 7. The zero-order valence-electron chi connectivity index (χ0n) is 21.2. The molecule has 1 fully saturated rings. The number of ether oxygens (including phenoxy) is 1. The molecule has 1 aliphatic heterocycles. The van der Waals surface area contributed by atoms with E-state index < -0.39 is 0 Å². The van der Waals surface area contributed by atoms with Crippen LogP contribution >= 0.6 is 0 Å². The molecule has 0 saturated carbocycles. The lowest BCUT2D eigenvalue weighted by atomic mass is 9.96. The number of likely N-dealkylation sites (tertiary alicyclic amines) is 1. The monoisotopic (exact) mass is 463 g/mol. The van der Waals surface area contributed by atoms with E-state index in [0.29, 0.717) is 5.57 Å². The number of hydrogen-bond acceptors (Lipinski definition) is 5. The molecule has 34 heavy (non-hydrogen) atoms. The average Bonchev–Trinajstić information content (AvgIpc) is 3.16. The third-order valence-corrected chi connectivity index (χ3v) is 6.82. The van der Waals surface area contributed by atoms with E-state index in [0.717, 1.165) is 85.8 Å². The van der Waals surface area contributed by atoms with Gasteiger partial charge in [-0.2, -0.15) is 5.10 Å². The smallest absolute Gasteiger partial charge is 0.254 e. The van der Waals surface area contributed by atoms with Crippen LogP contribution in [0.15, 0.2) is 47.4 Å². The number of aryl methyl sites for hydroxylation is 1. The van der Waals surface area contributed by atoms with Crippen LogP contribution in [-0.4, -0.2) is 52.1 Å². The molecule has 1 atom stereocenters. The molecule has 0 unspecified atom stereocenters. The summed E-state index contributed by atoms with van der Waals surface area (Å²) in [6.07, 6.45) is 12.9. The van der Waals surface area contributed by atoms with E-state index in [1.807, 2.05) is 28.5 Å². The molecular formula is C27H37N5O2. The highest BCUT2D eigenvalue weighted by Gasteiger charge is 2.32. The van der Waals surface area contributed by atoms with Gasteiger partial charge in [-0.15, -0.1) is 0 Å². The van der Waals surface area contributed by atoms with Crippen LogP contribution in [0.1, 0.15) is 70.2 Å². The number of anilines is 1. The van der Waals surface area contributed by atoms with Gasteiger partial charge in [-0.25, -0.2) is 9.50 Å². The minimum atomic E-state index is -0.0587. The zero-order chi connectivity index (χ0) is 24.2. The Hall–Kier alpha value is -3.09. The Kier molecular flexibility index (Phi) is 7.39. The number of hydrogen-bond donors (Lipinski definition) is 0. The van der Waals surface area contributed by atoms with Gasteiger partial charge in [0.2, 0.25) is 0 Å². The molecule has 0 radical (unpaired) electrons. The standard InChI is InChI=1S/C27H37N5O2/c1-6-14-30(7-2)26-20(4)18-32-25(28-26)17-23(29-32)24-13-8-9-15-31(24)27(33)22-16-21(34-5)12-10-11-19(22)3/h11-12,16-18,24H,6-10,13-15H2,1-5H3/t24-/m0/s1. The summed E-state index contributed by atoms with van der Waals surface area (Å²) in [5.41, 5.74) is 4.55. The third kappa shape index (κ3) is 4.74. The SMILES string of the molecule is CCCN(CC)c1nc2cc([C@@H]3CCCCN3C(=O)C3=CC(OC)=CCC=C3C)nn2cc1C. The van der Waals surface area contributed by atoms with Crippen molar-refractivity contribution in [2.24, 2.45) is 0 Å². The first kappa shape index (κ1) is 24.0.